The third-order valence-electron chi connectivity index (χ3n) is 6.35. The third-order valence-corrected chi connectivity index (χ3v) is 6.35. The number of amides is 2. The van der Waals surface area contributed by atoms with Gasteiger partial charge in [-0.1, -0.05) is 27.7 Å². The van der Waals surface area contributed by atoms with E-state index in [-0.39, 0.29) is 23.9 Å². The Hall–Kier alpha value is -1.89. The second kappa shape index (κ2) is 10.4. The zero-order valence-corrected chi connectivity index (χ0v) is 19.1. The molecule has 0 aliphatic carbocycles. The Morgan fingerprint density at radius 2 is 1.90 bits per heavy atom. The Morgan fingerprint density at radius 3 is 2.50 bits per heavy atom. The van der Waals surface area contributed by atoms with E-state index in [1.807, 2.05) is 16.0 Å². The number of likely N-dealkylation sites (tertiary alicyclic amines) is 1. The monoisotopic (exact) mass is 417 g/mol. The van der Waals surface area contributed by atoms with Crippen molar-refractivity contribution in [1.82, 2.24) is 25.1 Å². The number of carbonyl (C=O) groups is 2. The van der Waals surface area contributed by atoms with Crippen LogP contribution >= 0.6 is 0 Å². The molecular formula is C23H39N5O2. The maximum atomic E-state index is 13.5. The number of H-pyrrole nitrogens is 1. The van der Waals surface area contributed by atoms with Crippen molar-refractivity contribution >= 4 is 11.8 Å². The first-order valence-corrected chi connectivity index (χ1v) is 11.7. The van der Waals surface area contributed by atoms with Crippen LogP contribution in [-0.2, 0) is 16.0 Å². The lowest BCUT2D eigenvalue weighted by Gasteiger charge is -2.42. The van der Waals surface area contributed by atoms with E-state index in [1.54, 1.807) is 6.20 Å². The van der Waals surface area contributed by atoms with Gasteiger partial charge in [-0.05, 0) is 43.4 Å². The maximum Gasteiger partial charge on any atom is 0.245 e. The van der Waals surface area contributed by atoms with E-state index < -0.39 is 0 Å². The molecular weight excluding hydrogens is 378 g/mol. The minimum atomic E-state index is -0.337. The molecule has 2 aliphatic heterocycles. The molecule has 0 aromatic carbocycles. The Balaban J connectivity index is 1.63. The fourth-order valence-electron chi connectivity index (χ4n) is 4.78. The lowest BCUT2D eigenvalue weighted by atomic mass is 9.91. The summed E-state index contributed by atoms with van der Waals surface area (Å²) in [6, 6.07) is -0.504. The number of aromatic nitrogens is 2. The van der Waals surface area contributed by atoms with E-state index >= 15 is 0 Å². The highest BCUT2D eigenvalue weighted by atomic mass is 16.2. The van der Waals surface area contributed by atoms with Gasteiger partial charge in [-0.3, -0.25) is 9.59 Å². The largest absolute Gasteiger partial charge is 0.349 e. The van der Waals surface area contributed by atoms with Gasteiger partial charge in [0.2, 0.25) is 11.8 Å². The quantitative estimate of drug-likeness (QED) is 0.681. The first-order chi connectivity index (χ1) is 14.3. The third kappa shape index (κ3) is 5.84. The number of hydrogen-bond acceptors (Lipinski definition) is 4. The van der Waals surface area contributed by atoms with Gasteiger partial charge in [-0.15, -0.1) is 0 Å². The normalized spacial score (nSPS) is 22.2. The molecule has 2 atom stereocenters. The summed E-state index contributed by atoms with van der Waals surface area (Å²) >= 11 is 0. The van der Waals surface area contributed by atoms with Crippen LogP contribution in [0.4, 0.5) is 0 Å². The molecule has 0 bridgehead atoms. The lowest BCUT2D eigenvalue weighted by molar-refractivity contribution is -0.150. The van der Waals surface area contributed by atoms with Crippen LogP contribution in [0.5, 0.6) is 0 Å². The maximum absolute atomic E-state index is 13.5. The summed E-state index contributed by atoms with van der Waals surface area (Å²) in [5.41, 5.74) is 0. The van der Waals surface area contributed by atoms with E-state index in [1.165, 1.54) is 0 Å². The summed E-state index contributed by atoms with van der Waals surface area (Å²) in [6.45, 7) is 11.5. The van der Waals surface area contributed by atoms with E-state index in [4.69, 9.17) is 0 Å². The predicted molar refractivity (Wildman–Crippen MR) is 118 cm³/mol. The van der Waals surface area contributed by atoms with Gasteiger partial charge in [0, 0.05) is 45.0 Å². The van der Waals surface area contributed by atoms with E-state index in [2.05, 4.69) is 43.0 Å². The zero-order valence-electron chi connectivity index (χ0n) is 19.1. The fourth-order valence-corrected chi connectivity index (χ4v) is 4.78. The molecule has 2 saturated heterocycles. The average molecular weight is 418 g/mol. The van der Waals surface area contributed by atoms with Gasteiger partial charge in [0.1, 0.15) is 11.9 Å². The molecule has 2 N–H and O–H groups in total. The van der Waals surface area contributed by atoms with Crippen molar-refractivity contribution < 1.29 is 9.59 Å². The standard InChI is InChI=1S/C23H39N5O2/c1-16(2)13-19-22(29)28(12-9-24-19)20(14-17(3)4)23(30)27-10-5-18(6-11-27)15-21-25-7-8-26-21/h7-8,16-20,24H,5-6,9-15H2,1-4H3,(H,25,26)/t19?,20-/m0/s1. The summed E-state index contributed by atoms with van der Waals surface area (Å²) in [5.74, 6) is 2.63. The number of rotatable bonds is 8. The molecule has 1 aromatic rings. The van der Waals surface area contributed by atoms with Crippen LogP contribution in [-0.4, -0.2) is 69.8 Å². The van der Waals surface area contributed by atoms with Crippen LogP contribution in [0.25, 0.3) is 0 Å². The molecule has 2 aliphatic rings. The van der Waals surface area contributed by atoms with Crippen molar-refractivity contribution in [3.63, 3.8) is 0 Å². The van der Waals surface area contributed by atoms with Crippen LogP contribution in [0.1, 0.15) is 59.2 Å². The Labute approximate surface area is 181 Å². The molecule has 1 unspecified atom stereocenters. The number of nitrogens with zero attached hydrogens (tertiary/aromatic N) is 3. The molecule has 168 valence electrons. The highest BCUT2D eigenvalue weighted by Gasteiger charge is 2.39. The van der Waals surface area contributed by atoms with Crippen LogP contribution in [0.2, 0.25) is 0 Å². The van der Waals surface area contributed by atoms with Gasteiger partial charge in [-0.2, -0.15) is 0 Å². The molecule has 3 heterocycles. The lowest BCUT2D eigenvalue weighted by Crippen LogP contribution is -2.62. The van der Waals surface area contributed by atoms with Crippen molar-refractivity contribution in [2.75, 3.05) is 26.2 Å². The zero-order chi connectivity index (χ0) is 21.7. The number of imidazole rings is 1. The van der Waals surface area contributed by atoms with Gasteiger partial charge in [-0.25, -0.2) is 4.98 Å². The van der Waals surface area contributed by atoms with Crippen molar-refractivity contribution in [3.8, 4) is 0 Å². The molecule has 7 heteroatoms. The molecule has 1 aromatic heterocycles. The molecule has 30 heavy (non-hydrogen) atoms. The Kier molecular flexibility index (Phi) is 7.92. The Morgan fingerprint density at radius 1 is 1.17 bits per heavy atom. The second-order valence-electron chi connectivity index (χ2n) is 9.82. The predicted octanol–water partition coefficient (Wildman–Crippen LogP) is 2.45. The van der Waals surface area contributed by atoms with Gasteiger partial charge >= 0.3 is 0 Å². The Bertz CT molecular complexity index is 680. The van der Waals surface area contributed by atoms with Crippen molar-refractivity contribution in [1.29, 1.82) is 0 Å². The molecule has 2 fully saturated rings. The number of hydrogen-bond donors (Lipinski definition) is 2. The SMILES string of the molecule is CC(C)CC1NCCN([C@@H](CC(C)C)C(=O)N2CCC(Cc3ncc[nH]3)CC2)C1=O. The number of carbonyl (C=O) groups excluding carboxylic acids is 2. The molecule has 0 saturated carbocycles. The van der Waals surface area contributed by atoms with E-state index in [9.17, 15) is 9.59 Å². The smallest absolute Gasteiger partial charge is 0.245 e. The molecule has 3 rings (SSSR count). The fraction of sp³-hybridized carbons (Fsp3) is 0.783. The van der Waals surface area contributed by atoms with E-state index in [0.717, 1.165) is 57.6 Å². The van der Waals surface area contributed by atoms with Crippen LogP contribution < -0.4 is 5.32 Å². The minimum absolute atomic E-state index is 0.0988. The molecule has 2 amide bonds. The topological polar surface area (TPSA) is 81.3 Å². The number of piperazine rings is 1. The minimum Gasteiger partial charge on any atom is -0.349 e. The average Bonchev–Trinajstić information content (AvgIpc) is 3.21. The first-order valence-electron chi connectivity index (χ1n) is 11.7. The second-order valence-corrected chi connectivity index (χ2v) is 9.82. The summed E-state index contributed by atoms with van der Waals surface area (Å²) in [4.78, 5) is 38.1. The molecule has 0 spiro atoms. The van der Waals surface area contributed by atoms with Crippen LogP contribution in [0.15, 0.2) is 12.4 Å². The highest BCUT2D eigenvalue weighted by Crippen LogP contribution is 2.24. The van der Waals surface area contributed by atoms with Crippen LogP contribution in [0.3, 0.4) is 0 Å². The van der Waals surface area contributed by atoms with Crippen molar-refractivity contribution in [2.45, 2.75) is 71.9 Å². The number of piperidine rings is 1. The summed E-state index contributed by atoms with van der Waals surface area (Å²) in [7, 11) is 0. The van der Waals surface area contributed by atoms with Gasteiger partial charge in [0.15, 0.2) is 0 Å². The molecule has 0 radical (unpaired) electrons. The first kappa shape index (κ1) is 22.8. The van der Waals surface area contributed by atoms with E-state index in [0.29, 0.717) is 24.3 Å². The van der Waals surface area contributed by atoms with Gasteiger partial charge in [0.25, 0.3) is 0 Å². The van der Waals surface area contributed by atoms with Gasteiger partial charge < -0.3 is 20.1 Å². The van der Waals surface area contributed by atoms with Crippen molar-refractivity contribution in [2.24, 2.45) is 17.8 Å². The number of nitrogens with one attached hydrogen (secondary N) is 2. The molecule has 7 nitrogen and oxygen atoms in total. The number of aromatic amines is 1. The summed E-state index contributed by atoms with van der Waals surface area (Å²) < 4.78 is 0. The highest BCUT2D eigenvalue weighted by molar-refractivity contribution is 5.90. The van der Waals surface area contributed by atoms with Crippen molar-refractivity contribution in [3.05, 3.63) is 18.2 Å². The summed E-state index contributed by atoms with van der Waals surface area (Å²) in [6.07, 6.45) is 8.13. The van der Waals surface area contributed by atoms with Gasteiger partial charge in [0.05, 0.1) is 6.04 Å². The van der Waals surface area contributed by atoms with Crippen LogP contribution in [0, 0.1) is 17.8 Å². The summed E-state index contributed by atoms with van der Waals surface area (Å²) in [5, 5.41) is 3.36.